The number of rotatable bonds is 3. The summed E-state index contributed by atoms with van der Waals surface area (Å²) in [6.07, 6.45) is 3.41. The Morgan fingerprint density at radius 2 is 1.88 bits per heavy atom. The van der Waals surface area contributed by atoms with E-state index in [4.69, 9.17) is 25.7 Å². The number of aryl methyl sites for hydroxylation is 2. The number of carbonyl (C=O) groups is 1. The lowest BCUT2D eigenvalue weighted by atomic mass is 10.1. The van der Waals surface area contributed by atoms with Crippen LogP contribution in [-0.4, -0.2) is 22.2 Å². The Bertz CT molecular complexity index is 945. The monoisotopic (exact) mass is 371 g/mol. The number of amides is 1. The number of halogens is 1. The Kier molecular flexibility index (Phi) is 6.38. The van der Waals surface area contributed by atoms with E-state index in [0.717, 1.165) is 16.7 Å². The van der Waals surface area contributed by atoms with Crippen LogP contribution in [0.2, 0.25) is 5.02 Å². The molecule has 0 bridgehead atoms. The van der Waals surface area contributed by atoms with Crippen molar-refractivity contribution in [1.29, 1.82) is 0 Å². The molecule has 0 radical (unpaired) electrons. The molecule has 0 saturated heterocycles. The minimum atomic E-state index is -0.381. The quantitative estimate of drug-likeness (QED) is 0.753. The molecule has 7 nitrogen and oxygen atoms in total. The minimum Gasteiger partial charge on any atom is -0.351 e. The zero-order chi connectivity index (χ0) is 19.1. The molecule has 26 heavy (non-hydrogen) atoms. The van der Waals surface area contributed by atoms with Gasteiger partial charge < -0.3 is 9.84 Å². The molecule has 0 fully saturated rings. The first-order valence-electron chi connectivity index (χ1n) is 7.40. The van der Waals surface area contributed by atoms with Gasteiger partial charge in [-0.1, -0.05) is 28.4 Å². The van der Waals surface area contributed by atoms with E-state index in [1.807, 2.05) is 31.2 Å². The van der Waals surface area contributed by atoms with Gasteiger partial charge in [-0.2, -0.15) is 9.59 Å². The third-order valence-corrected chi connectivity index (χ3v) is 3.72. The van der Waals surface area contributed by atoms with Crippen molar-refractivity contribution in [2.24, 2.45) is 0 Å². The first-order chi connectivity index (χ1) is 12.5. The number of hydrogen-bond donors (Lipinski definition) is 1. The second kappa shape index (κ2) is 8.71. The first-order valence-corrected chi connectivity index (χ1v) is 7.78. The van der Waals surface area contributed by atoms with E-state index in [9.17, 15) is 4.79 Å². The second-order valence-corrected chi connectivity index (χ2v) is 5.70. The number of benzene rings is 1. The summed E-state index contributed by atoms with van der Waals surface area (Å²) in [5.41, 5.74) is 3.57. The highest BCUT2D eigenvalue weighted by atomic mass is 35.5. The number of nitrogens with zero attached hydrogens (tertiary/aromatic N) is 2. The number of anilines is 1. The van der Waals surface area contributed by atoms with Crippen molar-refractivity contribution in [3.05, 3.63) is 64.6 Å². The van der Waals surface area contributed by atoms with Gasteiger partial charge in [0.05, 0.1) is 6.20 Å². The smallest absolute Gasteiger partial charge is 0.351 e. The van der Waals surface area contributed by atoms with Gasteiger partial charge in [0, 0.05) is 27.9 Å². The van der Waals surface area contributed by atoms with Gasteiger partial charge in [0.25, 0.3) is 5.91 Å². The lowest BCUT2D eigenvalue weighted by Crippen LogP contribution is -2.13. The Labute approximate surface area is 154 Å². The molecule has 1 aromatic carbocycles. The molecule has 0 saturated carbocycles. The van der Waals surface area contributed by atoms with Crippen molar-refractivity contribution in [3.8, 4) is 11.1 Å². The Hall–Kier alpha value is -3.28. The second-order valence-electron chi connectivity index (χ2n) is 5.29. The van der Waals surface area contributed by atoms with Crippen molar-refractivity contribution in [3.63, 3.8) is 0 Å². The Morgan fingerprint density at radius 1 is 1.15 bits per heavy atom. The van der Waals surface area contributed by atoms with Crippen molar-refractivity contribution in [2.45, 2.75) is 13.8 Å². The molecule has 1 amide bonds. The molecule has 0 aliphatic heterocycles. The molecule has 2 aromatic heterocycles. The number of carbonyl (C=O) groups excluding carboxylic acids is 3. The molecule has 3 rings (SSSR count). The first kappa shape index (κ1) is 19.1. The molecule has 132 valence electrons. The zero-order valence-electron chi connectivity index (χ0n) is 13.9. The summed E-state index contributed by atoms with van der Waals surface area (Å²) in [5, 5.41) is 6.92. The van der Waals surface area contributed by atoms with Gasteiger partial charge in [0.15, 0.2) is 0 Å². The van der Waals surface area contributed by atoms with Gasteiger partial charge in [-0.05, 0) is 38.1 Å². The summed E-state index contributed by atoms with van der Waals surface area (Å²) in [7, 11) is 0. The molecule has 0 spiro atoms. The van der Waals surface area contributed by atoms with Crippen LogP contribution in [0.4, 0.5) is 5.82 Å². The maximum Gasteiger partial charge on any atom is 0.373 e. The molecule has 0 atom stereocenters. The predicted molar refractivity (Wildman–Crippen MR) is 93.6 cm³/mol. The van der Waals surface area contributed by atoms with Crippen molar-refractivity contribution < 1.29 is 18.9 Å². The minimum absolute atomic E-state index is 0.178. The highest BCUT2D eigenvalue weighted by Crippen LogP contribution is 2.28. The summed E-state index contributed by atoms with van der Waals surface area (Å²) in [5.74, 6) is 0.227. The summed E-state index contributed by atoms with van der Waals surface area (Å²) >= 11 is 6.22. The van der Waals surface area contributed by atoms with Gasteiger partial charge in [-0.3, -0.25) is 4.79 Å². The lowest BCUT2D eigenvalue weighted by molar-refractivity contribution is -0.191. The van der Waals surface area contributed by atoms with E-state index in [1.54, 1.807) is 19.2 Å². The van der Waals surface area contributed by atoms with E-state index in [0.29, 0.717) is 16.4 Å². The molecular formula is C18H14ClN3O4. The van der Waals surface area contributed by atoms with Crippen LogP contribution < -0.4 is 5.32 Å². The summed E-state index contributed by atoms with van der Waals surface area (Å²) in [6.45, 7) is 3.75. The number of aromatic nitrogens is 2. The predicted octanol–water partition coefficient (Wildman–Crippen LogP) is 3.68. The highest BCUT2D eigenvalue weighted by Gasteiger charge is 2.14. The number of pyridine rings is 1. The maximum atomic E-state index is 12.0. The summed E-state index contributed by atoms with van der Waals surface area (Å²) in [4.78, 5) is 32.5. The summed E-state index contributed by atoms with van der Waals surface area (Å²) in [6, 6.07) is 9.38. The third kappa shape index (κ3) is 4.63. The van der Waals surface area contributed by atoms with E-state index >= 15 is 0 Å². The fraction of sp³-hybridized carbons (Fsp3) is 0.111. The lowest BCUT2D eigenvalue weighted by Gasteiger charge is -2.07. The topological polar surface area (TPSA) is 102 Å². The fourth-order valence-corrected chi connectivity index (χ4v) is 2.40. The van der Waals surface area contributed by atoms with Crippen LogP contribution >= 0.6 is 11.6 Å². The van der Waals surface area contributed by atoms with Crippen molar-refractivity contribution in [1.82, 2.24) is 10.1 Å². The SMILES string of the molecule is Cc1ccc(Cl)c(-c2ccc(NC(=O)c3oncc3C)nc2)c1.O=C=O. The molecule has 1 N–H and O–H groups in total. The van der Waals surface area contributed by atoms with Crippen molar-refractivity contribution in [2.75, 3.05) is 5.32 Å². The fourth-order valence-electron chi connectivity index (χ4n) is 2.17. The van der Waals surface area contributed by atoms with Crippen LogP contribution in [0, 0.1) is 13.8 Å². The molecule has 8 heteroatoms. The van der Waals surface area contributed by atoms with Gasteiger partial charge in [-0.15, -0.1) is 0 Å². The van der Waals surface area contributed by atoms with Crippen LogP contribution in [0.3, 0.4) is 0 Å². The van der Waals surface area contributed by atoms with Crippen LogP contribution in [0.25, 0.3) is 11.1 Å². The van der Waals surface area contributed by atoms with E-state index < -0.39 is 0 Å². The third-order valence-electron chi connectivity index (χ3n) is 3.39. The normalized spacial score (nSPS) is 9.65. The summed E-state index contributed by atoms with van der Waals surface area (Å²) < 4.78 is 4.91. The molecular weight excluding hydrogens is 358 g/mol. The van der Waals surface area contributed by atoms with Crippen LogP contribution in [0.1, 0.15) is 21.7 Å². The zero-order valence-corrected chi connectivity index (χ0v) is 14.7. The van der Waals surface area contributed by atoms with Crippen LogP contribution in [0.15, 0.2) is 47.2 Å². The highest BCUT2D eigenvalue weighted by molar-refractivity contribution is 6.33. The van der Waals surface area contributed by atoms with Crippen LogP contribution in [0.5, 0.6) is 0 Å². The standard InChI is InChI=1S/C17H14ClN3O2.CO2/c1-10-3-5-14(18)13(7-10)12-4-6-15(19-9-12)21-17(22)16-11(2)8-20-23-16;2-1-3/h3-9H,1-2H3,(H,19,21,22);. The number of hydrogen-bond acceptors (Lipinski definition) is 6. The molecule has 0 aliphatic rings. The van der Waals surface area contributed by atoms with Gasteiger partial charge in [0.1, 0.15) is 5.82 Å². The van der Waals surface area contributed by atoms with Crippen LogP contribution in [-0.2, 0) is 9.59 Å². The van der Waals surface area contributed by atoms with E-state index in [-0.39, 0.29) is 17.8 Å². The Morgan fingerprint density at radius 3 is 2.46 bits per heavy atom. The van der Waals surface area contributed by atoms with E-state index in [1.165, 1.54) is 6.20 Å². The van der Waals surface area contributed by atoms with E-state index in [2.05, 4.69) is 15.5 Å². The van der Waals surface area contributed by atoms with Gasteiger partial charge >= 0.3 is 6.15 Å². The average Bonchev–Trinajstić information content (AvgIpc) is 3.05. The van der Waals surface area contributed by atoms with Crippen molar-refractivity contribution >= 4 is 29.5 Å². The molecule has 2 heterocycles. The average molecular weight is 372 g/mol. The molecule has 3 aromatic rings. The number of nitrogens with one attached hydrogen (secondary N) is 1. The van der Waals surface area contributed by atoms with Gasteiger partial charge in [0.2, 0.25) is 5.76 Å². The van der Waals surface area contributed by atoms with Gasteiger partial charge in [-0.25, -0.2) is 4.98 Å². The Balaban J connectivity index is 0.000000758. The maximum absolute atomic E-state index is 12.0. The molecule has 0 unspecified atom stereocenters. The molecule has 0 aliphatic carbocycles. The largest absolute Gasteiger partial charge is 0.373 e.